The molecule has 1 aromatic heterocycles. The highest BCUT2D eigenvalue weighted by Crippen LogP contribution is 2.19. The molecule has 1 N–H and O–H groups in total. The number of nitrogens with one attached hydrogen (secondary N) is 1. The van der Waals surface area contributed by atoms with E-state index in [-0.39, 0.29) is 0 Å². The van der Waals surface area contributed by atoms with Crippen LogP contribution in [-0.4, -0.2) is 16.6 Å². The normalized spacial score (nSPS) is 12.4. The van der Waals surface area contributed by atoms with Crippen molar-refractivity contribution < 1.29 is 4.74 Å². The first-order valence-electron chi connectivity index (χ1n) is 6.07. The van der Waals surface area contributed by atoms with Gasteiger partial charge < -0.3 is 14.6 Å². The molecule has 18 heavy (non-hydrogen) atoms. The molecule has 96 valence electrons. The van der Waals surface area contributed by atoms with Gasteiger partial charge in [-0.2, -0.15) is 0 Å². The fourth-order valence-electron chi connectivity index (χ4n) is 1.72. The number of rotatable bonds is 5. The molecule has 1 unspecified atom stereocenters. The Morgan fingerprint density at radius 3 is 2.94 bits per heavy atom. The standard InChI is InChI=1S/C14H19N3O/c1-11(15-2)12-5-4-6-13(9-12)18-10-14-16-7-8-17(14)3/h4-9,11,15H,10H2,1-3H3. The lowest BCUT2D eigenvalue weighted by molar-refractivity contribution is 0.291. The van der Waals surface area contributed by atoms with Crippen LogP contribution in [0.3, 0.4) is 0 Å². The van der Waals surface area contributed by atoms with Crippen molar-refractivity contribution in [2.75, 3.05) is 7.05 Å². The molecule has 2 aromatic rings. The second kappa shape index (κ2) is 5.69. The molecule has 0 aliphatic carbocycles. The SMILES string of the molecule is CNC(C)c1cccc(OCc2nccn2C)c1. The Morgan fingerprint density at radius 2 is 2.28 bits per heavy atom. The Balaban J connectivity index is 2.04. The quantitative estimate of drug-likeness (QED) is 0.878. The van der Waals surface area contributed by atoms with E-state index in [0.29, 0.717) is 12.6 Å². The van der Waals surface area contributed by atoms with Crippen LogP contribution < -0.4 is 10.1 Å². The van der Waals surface area contributed by atoms with Crippen molar-refractivity contribution in [3.63, 3.8) is 0 Å². The van der Waals surface area contributed by atoms with Crippen molar-refractivity contribution in [3.05, 3.63) is 48.0 Å². The topological polar surface area (TPSA) is 39.1 Å². The first-order valence-corrected chi connectivity index (χ1v) is 6.07. The Labute approximate surface area is 108 Å². The average molecular weight is 245 g/mol. The molecule has 0 saturated heterocycles. The third-order valence-corrected chi connectivity index (χ3v) is 3.08. The summed E-state index contributed by atoms with van der Waals surface area (Å²) in [6, 6.07) is 8.45. The molecule has 0 amide bonds. The van der Waals surface area contributed by atoms with Gasteiger partial charge in [0.1, 0.15) is 18.2 Å². The van der Waals surface area contributed by atoms with Crippen LogP contribution in [0.25, 0.3) is 0 Å². The van der Waals surface area contributed by atoms with Crippen molar-refractivity contribution >= 4 is 0 Å². The van der Waals surface area contributed by atoms with Crippen LogP contribution in [0.5, 0.6) is 5.75 Å². The predicted molar refractivity (Wildman–Crippen MR) is 71.5 cm³/mol. The van der Waals surface area contributed by atoms with Gasteiger partial charge in [0.2, 0.25) is 0 Å². The maximum Gasteiger partial charge on any atom is 0.146 e. The van der Waals surface area contributed by atoms with Crippen molar-refractivity contribution in [2.45, 2.75) is 19.6 Å². The Bertz CT molecular complexity index is 507. The lowest BCUT2D eigenvalue weighted by Crippen LogP contribution is -2.12. The molecule has 2 rings (SSSR count). The predicted octanol–water partition coefficient (Wildman–Crippen LogP) is 2.28. The van der Waals surface area contributed by atoms with E-state index in [9.17, 15) is 0 Å². The van der Waals surface area contributed by atoms with E-state index in [1.54, 1.807) is 6.20 Å². The molecule has 0 fully saturated rings. The monoisotopic (exact) mass is 245 g/mol. The van der Waals surface area contributed by atoms with Crippen LogP contribution in [0.2, 0.25) is 0 Å². The highest BCUT2D eigenvalue weighted by Gasteiger charge is 2.05. The first-order chi connectivity index (χ1) is 8.70. The number of imidazole rings is 1. The molecule has 0 spiro atoms. The summed E-state index contributed by atoms with van der Waals surface area (Å²) in [6.07, 6.45) is 3.69. The smallest absolute Gasteiger partial charge is 0.146 e. The Kier molecular flexibility index (Phi) is 3.99. The van der Waals surface area contributed by atoms with Crippen molar-refractivity contribution in [2.24, 2.45) is 7.05 Å². The van der Waals surface area contributed by atoms with Crippen molar-refractivity contribution in [1.82, 2.24) is 14.9 Å². The number of hydrogen-bond donors (Lipinski definition) is 1. The van der Waals surface area contributed by atoms with Gasteiger partial charge in [-0.1, -0.05) is 12.1 Å². The summed E-state index contributed by atoms with van der Waals surface area (Å²) in [5.41, 5.74) is 1.22. The molecule has 1 heterocycles. The second-order valence-electron chi connectivity index (χ2n) is 4.33. The van der Waals surface area contributed by atoms with Gasteiger partial charge in [-0.25, -0.2) is 4.98 Å². The zero-order valence-corrected chi connectivity index (χ0v) is 11.1. The highest BCUT2D eigenvalue weighted by molar-refractivity contribution is 5.30. The maximum atomic E-state index is 5.76. The van der Waals surface area contributed by atoms with Gasteiger partial charge >= 0.3 is 0 Å². The lowest BCUT2D eigenvalue weighted by atomic mass is 10.1. The Morgan fingerprint density at radius 1 is 1.44 bits per heavy atom. The summed E-state index contributed by atoms with van der Waals surface area (Å²) in [6.45, 7) is 2.61. The first kappa shape index (κ1) is 12.6. The van der Waals surface area contributed by atoms with Crippen LogP contribution in [0.4, 0.5) is 0 Å². The molecule has 0 saturated carbocycles. The summed E-state index contributed by atoms with van der Waals surface area (Å²) in [4.78, 5) is 4.23. The zero-order valence-electron chi connectivity index (χ0n) is 11.1. The van der Waals surface area contributed by atoms with Gasteiger partial charge in [-0.15, -0.1) is 0 Å². The average Bonchev–Trinajstić information content (AvgIpc) is 2.81. The van der Waals surface area contributed by atoms with E-state index in [1.165, 1.54) is 5.56 Å². The molecule has 4 heteroatoms. The number of hydrogen-bond acceptors (Lipinski definition) is 3. The maximum absolute atomic E-state index is 5.76. The number of aryl methyl sites for hydroxylation is 1. The molecule has 0 aliphatic rings. The minimum absolute atomic E-state index is 0.321. The molecular weight excluding hydrogens is 226 g/mol. The van der Waals surface area contributed by atoms with Crippen LogP contribution in [-0.2, 0) is 13.7 Å². The molecule has 1 aromatic carbocycles. The van der Waals surface area contributed by atoms with E-state index in [0.717, 1.165) is 11.6 Å². The number of nitrogens with zero attached hydrogens (tertiary/aromatic N) is 2. The fraction of sp³-hybridized carbons (Fsp3) is 0.357. The molecule has 0 radical (unpaired) electrons. The van der Waals surface area contributed by atoms with E-state index in [2.05, 4.69) is 29.4 Å². The Hall–Kier alpha value is -1.81. The van der Waals surface area contributed by atoms with E-state index in [1.807, 2.05) is 37.0 Å². The highest BCUT2D eigenvalue weighted by atomic mass is 16.5. The van der Waals surface area contributed by atoms with Gasteiger partial charge in [-0.05, 0) is 31.7 Å². The molecule has 0 bridgehead atoms. The second-order valence-corrected chi connectivity index (χ2v) is 4.33. The van der Waals surface area contributed by atoms with Crippen molar-refractivity contribution in [1.29, 1.82) is 0 Å². The van der Waals surface area contributed by atoms with E-state index >= 15 is 0 Å². The summed E-state index contributed by atoms with van der Waals surface area (Å²) in [5.74, 6) is 1.79. The summed E-state index contributed by atoms with van der Waals surface area (Å²) < 4.78 is 7.71. The van der Waals surface area contributed by atoms with Gasteiger partial charge in [-0.3, -0.25) is 0 Å². The van der Waals surface area contributed by atoms with Gasteiger partial charge in [0.05, 0.1) is 0 Å². The van der Waals surface area contributed by atoms with E-state index in [4.69, 9.17) is 4.74 Å². The fourth-order valence-corrected chi connectivity index (χ4v) is 1.72. The van der Waals surface area contributed by atoms with Crippen LogP contribution in [0, 0.1) is 0 Å². The van der Waals surface area contributed by atoms with Gasteiger partial charge in [0, 0.05) is 25.5 Å². The number of benzene rings is 1. The number of aromatic nitrogens is 2. The summed E-state index contributed by atoms with van der Waals surface area (Å²) >= 11 is 0. The summed E-state index contributed by atoms with van der Waals surface area (Å²) in [7, 11) is 3.91. The third kappa shape index (κ3) is 2.90. The van der Waals surface area contributed by atoms with Crippen LogP contribution >= 0.6 is 0 Å². The molecule has 1 atom stereocenters. The van der Waals surface area contributed by atoms with Crippen LogP contribution in [0.15, 0.2) is 36.7 Å². The molecule has 4 nitrogen and oxygen atoms in total. The lowest BCUT2D eigenvalue weighted by Gasteiger charge is -2.12. The largest absolute Gasteiger partial charge is 0.486 e. The van der Waals surface area contributed by atoms with Gasteiger partial charge in [0.15, 0.2) is 0 Å². The van der Waals surface area contributed by atoms with E-state index < -0.39 is 0 Å². The zero-order chi connectivity index (χ0) is 13.0. The van der Waals surface area contributed by atoms with Crippen molar-refractivity contribution in [3.8, 4) is 5.75 Å². The minimum atomic E-state index is 0.321. The number of ether oxygens (including phenoxy) is 1. The third-order valence-electron chi connectivity index (χ3n) is 3.08. The van der Waals surface area contributed by atoms with Gasteiger partial charge in [0.25, 0.3) is 0 Å². The van der Waals surface area contributed by atoms with Crippen LogP contribution in [0.1, 0.15) is 24.4 Å². The summed E-state index contributed by atoms with van der Waals surface area (Å²) in [5, 5.41) is 3.22. The minimum Gasteiger partial charge on any atom is -0.486 e. The molecular formula is C14H19N3O. The molecule has 0 aliphatic heterocycles.